The van der Waals surface area contributed by atoms with E-state index >= 15 is 0 Å². The molecule has 0 saturated carbocycles. The van der Waals surface area contributed by atoms with Crippen LogP contribution in [0.25, 0.3) is 32.9 Å². The molecule has 4 aromatic rings. The van der Waals surface area contributed by atoms with Crippen LogP contribution in [0.3, 0.4) is 0 Å². The minimum absolute atomic E-state index is 0.220. The maximum absolute atomic E-state index is 6.75. The second-order valence-corrected chi connectivity index (χ2v) is 12.7. The Labute approximate surface area is 204 Å². The maximum atomic E-state index is 6.75. The highest BCUT2D eigenvalue weighted by molar-refractivity contribution is 6.05. The van der Waals surface area contributed by atoms with Crippen molar-refractivity contribution in [3.8, 4) is 22.8 Å². The van der Waals surface area contributed by atoms with Crippen molar-refractivity contribution in [2.75, 3.05) is 0 Å². The van der Waals surface area contributed by atoms with Gasteiger partial charge in [0.15, 0.2) is 5.75 Å². The zero-order valence-electron chi connectivity index (χ0n) is 22.3. The molecule has 0 atom stereocenters. The molecule has 1 aliphatic heterocycles. The van der Waals surface area contributed by atoms with E-state index in [-0.39, 0.29) is 10.8 Å². The number of hydrogen-bond acceptors (Lipinski definition) is 1. The van der Waals surface area contributed by atoms with E-state index in [1.165, 1.54) is 55.2 Å². The minimum atomic E-state index is 0.220. The first kappa shape index (κ1) is 22.9. The summed E-state index contributed by atoms with van der Waals surface area (Å²) >= 11 is 0. The highest BCUT2D eigenvalue weighted by Gasteiger charge is 2.32. The minimum Gasteiger partial charge on any atom is -0.450 e. The molecular weight excluding hydrogens is 414 g/mol. The molecule has 5 rings (SSSR count). The Morgan fingerprint density at radius 3 is 2.21 bits per heavy atom. The van der Waals surface area contributed by atoms with Gasteiger partial charge in [0, 0.05) is 17.5 Å². The number of aryl methyl sites for hydroxylation is 2. The van der Waals surface area contributed by atoms with E-state index in [9.17, 15) is 0 Å². The van der Waals surface area contributed by atoms with Crippen molar-refractivity contribution < 1.29 is 9.30 Å². The molecule has 0 saturated heterocycles. The summed E-state index contributed by atoms with van der Waals surface area (Å²) in [5.74, 6) is 1.96. The number of ether oxygens (including phenoxy) is 1. The van der Waals surface area contributed by atoms with Crippen LogP contribution in [-0.4, -0.2) is 0 Å². The van der Waals surface area contributed by atoms with Crippen LogP contribution in [0.15, 0.2) is 42.5 Å². The summed E-state index contributed by atoms with van der Waals surface area (Å²) in [5.41, 5.74) is 9.58. The van der Waals surface area contributed by atoms with Crippen LogP contribution in [0.2, 0.25) is 0 Å². The van der Waals surface area contributed by atoms with Crippen molar-refractivity contribution in [2.45, 2.75) is 68.2 Å². The Morgan fingerprint density at radius 2 is 1.53 bits per heavy atom. The second kappa shape index (κ2) is 7.57. The molecular formula is C32H38NO+. The van der Waals surface area contributed by atoms with Crippen molar-refractivity contribution in [1.82, 2.24) is 0 Å². The lowest BCUT2D eigenvalue weighted by atomic mass is 9.84. The molecule has 0 fully saturated rings. The summed E-state index contributed by atoms with van der Waals surface area (Å²) in [6, 6.07) is 16.0. The first-order chi connectivity index (χ1) is 15.8. The first-order valence-electron chi connectivity index (χ1n) is 12.5. The van der Waals surface area contributed by atoms with Crippen LogP contribution >= 0.6 is 0 Å². The summed E-state index contributed by atoms with van der Waals surface area (Å²) in [6.07, 6.45) is 2.05. The molecule has 3 aromatic carbocycles. The molecule has 0 radical (unpaired) electrons. The third-order valence-electron chi connectivity index (χ3n) is 7.07. The molecule has 34 heavy (non-hydrogen) atoms. The quantitative estimate of drug-likeness (QED) is 0.245. The summed E-state index contributed by atoms with van der Waals surface area (Å²) in [6.45, 7) is 18.3. The van der Waals surface area contributed by atoms with Gasteiger partial charge in [0.05, 0.1) is 10.9 Å². The highest BCUT2D eigenvalue weighted by atomic mass is 16.5. The molecule has 1 aliphatic rings. The van der Waals surface area contributed by atoms with E-state index in [2.05, 4.69) is 109 Å². The van der Waals surface area contributed by atoms with E-state index in [0.29, 0.717) is 0 Å². The van der Waals surface area contributed by atoms with Gasteiger partial charge in [-0.25, -0.2) is 0 Å². The number of benzene rings is 3. The summed E-state index contributed by atoms with van der Waals surface area (Å²) in [7, 11) is 2.19. The number of nitrogens with zero attached hydrogens (tertiary/aromatic N) is 1. The second-order valence-electron chi connectivity index (χ2n) is 12.7. The molecule has 176 valence electrons. The zero-order chi connectivity index (χ0) is 24.6. The number of fused-ring (bicyclic) bond motifs is 3. The molecule has 2 nitrogen and oxygen atoms in total. The standard InChI is InChI=1S/C32H38NO/c1-19-13-23-14-21(17-31(3,4)5)15-26-29(23)28(20(19)2)30-27(34-26)16-24-22(18-32(6,7)8)11-10-12-25(24)33(30)9/h10-16H,17-18H2,1-9H3/q+1. The Morgan fingerprint density at radius 1 is 0.824 bits per heavy atom. The van der Waals surface area contributed by atoms with E-state index in [4.69, 9.17) is 4.74 Å². The number of pyridine rings is 1. The van der Waals surface area contributed by atoms with E-state index in [0.717, 1.165) is 24.3 Å². The predicted octanol–water partition coefficient (Wildman–Crippen LogP) is 8.38. The number of rotatable bonds is 2. The van der Waals surface area contributed by atoms with Gasteiger partial charge in [-0.15, -0.1) is 0 Å². The maximum Gasteiger partial charge on any atom is 0.256 e. The van der Waals surface area contributed by atoms with E-state index in [1.807, 2.05) is 0 Å². The molecule has 2 heterocycles. The third kappa shape index (κ3) is 3.87. The van der Waals surface area contributed by atoms with Gasteiger partial charge in [-0.05, 0) is 71.2 Å². The summed E-state index contributed by atoms with van der Waals surface area (Å²) in [5, 5.41) is 3.81. The summed E-state index contributed by atoms with van der Waals surface area (Å²) < 4.78 is 9.10. The molecule has 0 amide bonds. The van der Waals surface area contributed by atoms with E-state index in [1.54, 1.807) is 0 Å². The lowest BCUT2D eigenvalue weighted by molar-refractivity contribution is -0.633. The molecule has 0 unspecified atom stereocenters. The van der Waals surface area contributed by atoms with Gasteiger partial charge in [-0.2, -0.15) is 4.57 Å². The van der Waals surface area contributed by atoms with Crippen LogP contribution in [0.4, 0.5) is 0 Å². The molecule has 0 aliphatic carbocycles. The molecule has 0 bridgehead atoms. The fourth-order valence-corrected chi connectivity index (χ4v) is 5.65. The largest absolute Gasteiger partial charge is 0.450 e. The monoisotopic (exact) mass is 452 g/mol. The van der Waals surface area contributed by atoms with Gasteiger partial charge in [0.2, 0.25) is 5.52 Å². The number of aromatic nitrogens is 1. The van der Waals surface area contributed by atoms with Crippen LogP contribution in [0.1, 0.15) is 63.8 Å². The van der Waals surface area contributed by atoms with Crippen LogP contribution in [0, 0.1) is 24.7 Å². The van der Waals surface area contributed by atoms with Gasteiger partial charge >= 0.3 is 0 Å². The van der Waals surface area contributed by atoms with Crippen LogP contribution < -0.4 is 9.30 Å². The van der Waals surface area contributed by atoms with Crippen molar-refractivity contribution in [1.29, 1.82) is 0 Å². The first-order valence-corrected chi connectivity index (χ1v) is 12.5. The number of hydrogen-bond donors (Lipinski definition) is 0. The predicted molar refractivity (Wildman–Crippen MR) is 144 cm³/mol. The van der Waals surface area contributed by atoms with Crippen LogP contribution in [0.5, 0.6) is 11.5 Å². The third-order valence-corrected chi connectivity index (χ3v) is 7.07. The smallest absolute Gasteiger partial charge is 0.256 e. The fourth-order valence-electron chi connectivity index (χ4n) is 5.65. The van der Waals surface area contributed by atoms with Crippen molar-refractivity contribution >= 4 is 21.7 Å². The van der Waals surface area contributed by atoms with Gasteiger partial charge in [-0.3, -0.25) is 0 Å². The van der Waals surface area contributed by atoms with Crippen LogP contribution in [-0.2, 0) is 19.9 Å². The van der Waals surface area contributed by atoms with Crippen molar-refractivity contribution in [2.24, 2.45) is 17.9 Å². The normalized spacial score (nSPS) is 13.3. The lowest BCUT2D eigenvalue weighted by Crippen LogP contribution is -2.34. The lowest BCUT2D eigenvalue weighted by Gasteiger charge is -2.25. The van der Waals surface area contributed by atoms with Gasteiger partial charge < -0.3 is 4.74 Å². The Bertz CT molecular complexity index is 1460. The SMILES string of the molecule is Cc1cc2cc(CC(C)(C)C)cc3c2c(c1C)-c1c(cc2c(CC(C)(C)C)cccc2[n+]1C)O3. The fraction of sp³-hybridized carbons (Fsp3) is 0.406. The molecule has 2 heteroatoms. The van der Waals surface area contributed by atoms with Gasteiger partial charge in [-0.1, -0.05) is 65.8 Å². The van der Waals surface area contributed by atoms with Crippen molar-refractivity contribution in [3.63, 3.8) is 0 Å². The van der Waals surface area contributed by atoms with Gasteiger partial charge in [0.25, 0.3) is 5.69 Å². The topological polar surface area (TPSA) is 13.1 Å². The van der Waals surface area contributed by atoms with Gasteiger partial charge in [0.1, 0.15) is 12.8 Å². The molecule has 0 N–H and O–H groups in total. The Balaban J connectivity index is 1.83. The average Bonchev–Trinajstić information content (AvgIpc) is 2.69. The Hall–Kier alpha value is -2.87. The summed E-state index contributed by atoms with van der Waals surface area (Å²) in [4.78, 5) is 0. The molecule has 1 aromatic heterocycles. The highest BCUT2D eigenvalue weighted by Crippen LogP contribution is 2.49. The Kier molecular flexibility index (Phi) is 5.10. The average molecular weight is 453 g/mol. The van der Waals surface area contributed by atoms with E-state index < -0.39 is 0 Å². The molecule has 0 spiro atoms. The zero-order valence-corrected chi connectivity index (χ0v) is 22.3. The van der Waals surface area contributed by atoms with Crippen molar-refractivity contribution in [3.05, 3.63) is 64.7 Å².